The Kier molecular flexibility index (Phi) is 11.2. The summed E-state index contributed by atoms with van der Waals surface area (Å²) in [6.07, 6.45) is 6.94. The minimum atomic E-state index is -0.495. The van der Waals surface area contributed by atoms with Crippen LogP contribution in [0.4, 0.5) is 5.69 Å². The smallest absolute Gasteiger partial charge is 0.241 e. The Labute approximate surface area is 168 Å². The summed E-state index contributed by atoms with van der Waals surface area (Å²) in [5.74, 6) is 0.933. The number of hydrogen-bond acceptors (Lipinski definition) is 3. The van der Waals surface area contributed by atoms with Crippen molar-refractivity contribution in [2.24, 2.45) is 11.7 Å². The molecule has 1 aromatic heterocycles. The monoisotopic (exact) mass is 400 g/mol. The van der Waals surface area contributed by atoms with E-state index in [0.29, 0.717) is 0 Å². The Hall–Kier alpha value is -1.56. The van der Waals surface area contributed by atoms with Crippen molar-refractivity contribution in [1.29, 1.82) is 0 Å². The number of benzene rings is 1. The summed E-state index contributed by atoms with van der Waals surface area (Å²) in [5.41, 5.74) is 7.75. The fourth-order valence-corrected chi connectivity index (χ4v) is 2.55. The highest BCUT2D eigenvalue weighted by molar-refractivity contribution is 5.95. The van der Waals surface area contributed by atoms with Gasteiger partial charge < -0.3 is 15.6 Å². The highest BCUT2D eigenvalue weighted by Gasteiger charge is 2.19. The number of carbonyl (C=O) groups is 1. The molecular formula is C19H30Cl2N4O. The van der Waals surface area contributed by atoms with Crippen molar-refractivity contribution in [3.05, 3.63) is 36.7 Å². The van der Waals surface area contributed by atoms with Gasteiger partial charge in [0.25, 0.3) is 0 Å². The van der Waals surface area contributed by atoms with Gasteiger partial charge in [-0.1, -0.05) is 45.7 Å². The standard InChI is InChI=1S/C19H28N4O.2ClH/c1-4-6-11-23-12-10-21-18(23)15-8-7-9-16(13-15)22-19(24)17(20)14(3)5-2;;/h7-10,12-14,17H,4-6,11,20H2,1-3H3,(H,22,24);2*1H. The van der Waals surface area contributed by atoms with Crippen LogP contribution in [-0.4, -0.2) is 21.5 Å². The predicted octanol–water partition coefficient (Wildman–Crippen LogP) is 4.51. The maximum atomic E-state index is 12.3. The van der Waals surface area contributed by atoms with Crippen LogP contribution in [0.2, 0.25) is 0 Å². The van der Waals surface area contributed by atoms with Crippen LogP contribution in [-0.2, 0) is 11.3 Å². The Morgan fingerprint density at radius 1 is 1.31 bits per heavy atom. The summed E-state index contributed by atoms with van der Waals surface area (Å²) in [4.78, 5) is 16.7. The summed E-state index contributed by atoms with van der Waals surface area (Å²) < 4.78 is 2.15. The zero-order chi connectivity index (χ0) is 17.5. The first kappa shape index (κ1) is 24.4. The SMILES string of the molecule is CCCCn1ccnc1-c1cccc(NC(=O)C(N)C(C)CC)c1.Cl.Cl. The maximum absolute atomic E-state index is 12.3. The van der Waals surface area contributed by atoms with E-state index in [1.807, 2.05) is 50.5 Å². The van der Waals surface area contributed by atoms with Crippen molar-refractivity contribution in [2.75, 3.05) is 5.32 Å². The lowest BCUT2D eigenvalue weighted by atomic mass is 9.99. The Balaban J connectivity index is 0.00000312. The van der Waals surface area contributed by atoms with E-state index < -0.39 is 6.04 Å². The second-order valence-corrected chi connectivity index (χ2v) is 6.28. The zero-order valence-electron chi connectivity index (χ0n) is 15.6. The first-order valence-corrected chi connectivity index (χ1v) is 8.74. The summed E-state index contributed by atoms with van der Waals surface area (Å²) >= 11 is 0. The van der Waals surface area contributed by atoms with Crippen LogP contribution in [0, 0.1) is 5.92 Å². The van der Waals surface area contributed by atoms with Gasteiger partial charge in [0.1, 0.15) is 5.82 Å². The molecule has 146 valence electrons. The molecule has 0 aliphatic rings. The number of amides is 1. The minimum Gasteiger partial charge on any atom is -0.331 e. The fraction of sp³-hybridized carbons (Fsp3) is 0.474. The maximum Gasteiger partial charge on any atom is 0.241 e. The van der Waals surface area contributed by atoms with Gasteiger partial charge in [-0.05, 0) is 24.5 Å². The van der Waals surface area contributed by atoms with Crippen molar-refractivity contribution in [1.82, 2.24) is 9.55 Å². The van der Waals surface area contributed by atoms with E-state index in [2.05, 4.69) is 21.8 Å². The van der Waals surface area contributed by atoms with Crippen LogP contribution in [0.3, 0.4) is 0 Å². The quantitative estimate of drug-likeness (QED) is 0.684. The Bertz CT molecular complexity index is 675. The number of nitrogens with one attached hydrogen (secondary N) is 1. The van der Waals surface area contributed by atoms with Crippen LogP contribution < -0.4 is 11.1 Å². The van der Waals surface area contributed by atoms with Crippen molar-refractivity contribution in [3.63, 3.8) is 0 Å². The number of aromatic nitrogens is 2. The van der Waals surface area contributed by atoms with Crippen molar-refractivity contribution in [2.45, 2.75) is 52.6 Å². The molecule has 1 amide bonds. The molecular weight excluding hydrogens is 371 g/mol. The molecule has 7 heteroatoms. The number of unbranched alkanes of at least 4 members (excludes halogenated alkanes) is 1. The average Bonchev–Trinajstić information content (AvgIpc) is 3.07. The first-order chi connectivity index (χ1) is 11.6. The van der Waals surface area contributed by atoms with Gasteiger partial charge in [0, 0.05) is 30.2 Å². The number of rotatable bonds is 8. The third-order valence-corrected chi connectivity index (χ3v) is 4.42. The number of aryl methyl sites for hydroxylation is 1. The summed E-state index contributed by atoms with van der Waals surface area (Å²) in [7, 11) is 0. The second-order valence-electron chi connectivity index (χ2n) is 6.28. The molecule has 3 N–H and O–H groups in total. The predicted molar refractivity (Wildman–Crippen MR) is 113 cm³/mol. The van der Waals surface area contributed by atoms with E-state index >= 15 is 0 Å². The van der Waals surface area contributed by atoms with Gasteiger partial charge in [0.05, 0.1) is 6.04 Å². The number of hydrogen-bond donors (Lipinski definition) is 2. The summed E-state index contributed by atoms with van der Waals surface area (Å²) in [5, 5.41) is 2.92. The number of halogens is 2. The largest absolute Gasteiger partial charge is 0.331 e. The lowest BCUT2D eigenvalue weighted by Gasteiger charge is -2.18. The number of nitrogens with two attached hydrogens (primary N) is 1. The topological polar surface area (TPSA) is 72.9 Å². The highest BCUT2D eigenvalue weighted by Crippen LogP contribution is 2.22. The lowest BCUT2D eigenvalue weighted by molar-refractivity contribution is -0.118. The van der Waals surface area contributed by atoms with Gasteiger partial charge in [-0.25, -0.2) is 4.98 Å². The molecule has 0 bridgehead atoms. The summed E-state index contributed by atoms with van der Waals surface area (Å²) in [6, 6.07) is 7.27. The van der Waals surface area contributed by atoms with Gasteiger partial charge in [-0.15, -0.1) is 24.8 Å². The zero-order valence-corrected chi connectivity index (χ0v) is 17.3. The molecule has 2 rings (SSSR count). The van der Waals surface area contributed by atoms with Gasteiger partial charge in [-0.3, -0.25) is 4.79 Å². The van der Waals surface area contributed by atoms with Crippen LogP contribution in [0.15, 0.2) is 36.7 Å². The lowest BCUT2D eigenvalue weighted by Crippen LogP contribution is -2.40. The molecule has 2 aromatic rings. The molecule has 2 atom stereocenters. The van der Waals surface area contributed by atoms with Gasteiger partial charge in [0.15, 0.2) is 0 Å². The van der Waals surface area contributed by atoms with Crippen LogP contribution >= 0.6 is 24.8 Å². The third kappa shape index (κ3) is 6.31. The molecule has 1 aromatic carbocycles. The van der Waals surface area contributed by atoms with E-state index in [9.17, 15) is 4.79 Å². The molecule has 26 heavy (non-hydrogen) atoms. The van der Waals surface area contributed by atoms with Crippen LogP contribution in [0.1, 0.15) is 40.0 Å². The third-order valence-electron chi connectivity index (χ3n) is 4.42. The van der Waals surface area contributed by atoms with E-state index in [1.165, 1.54) is 0 Å². The second kappa shape index (κ2) is 11.9. The molecule has 0 aliphatic heterocycles. The normalized spacial score (nSPS) is 12.5. The fourth-order valence-electron chi connectivity index (χ4n) is 2.55. The first-order valence-electron chi connectivity index (χ1n) is 8.74. The van der Waals surface area contributed by atoms with Gasteiger partial charge in [-0.2, -0.15) is 0 Å². The molecule has 0 saturated heterocycles. The molecule has 1 heterocycles. The van der Waals surface area contributed by atoms with Gasteiger partial charge >= 0.3 is 0 Å². The van der Waals surface area contributed by atoms with E-state index in [0.717, 1.165) is 42.9 Å². The molecule has 0 radical (unpaired) electrons. The minimum absolute atomic E-state index is 0. The molecule has 0 fully saturated rings. The van der Waals surface area contributed by atoms with Crippen molar-refractivity contribution >= 4 is 36.4 Å². The van der Waals surface area contributed by atoms with Crippen LogP contribution in [0.25, 0.3) is 11.4 Å². The number of anilines is 1. The van der Waals surface area contributed by atoms with Crippen molar-refractivity contribution < 1.29 is 4.79 Å². The molecule has 2 unspecified atom stereocenters. The average molecular weight is 401 g/mol. The number of carbonyl (C=O) groups excluding carboxylic acids is 1. The highest BCUT2D eigenvalue weighted by atomic mass is 35.5. The van der Waals surface area contributed by atoms with Crippen LogP contribution in [0.5, 0.6) is 0 Å². The molecule has 5 nitrogen and oxygen atoms in total. The Morgan fingerprint density at radius 3 is 2.69 bits per heavy atom. The van der Waals surface area contributed by atoms with E-state index in [-0.39, 0.29) is 36.6 Å². The molecule has 0 saturated carbocycles. The van der Waals surface area contributed by atoms with E-state index in [1.54, 1.807) is 0 Å². The summed E-state index contributed by atoms with van der Waals surface area (Å²) in [6.45, 7) is 7.15. The molecule has 0 spiro atoms. The number of imidazole rings is 1. The van der Waals surface area contributed by atoms with Gasteiger partial charge in [0.2, 0.25) is 5.91 Å². The van der Waals surface area contributed by atoms with Crippen molar-refractivity contribution in [3.8, 4) is 11.4 Å². The number of nitrogens with zero attached hydrogens (tertiary/aromatic N) is 2. The molecule has 0 aliphatic carbocycles. The Morgan fingerprint density at radius 2 is 2.04 bits per heavy atom. The van der Waals surface area contributed by atoms with E-state index in [4.69, 9.17) is 5.73 Å².